The molecule has 4 heteroatoms. The summed E-state index contributed by atoms with van der Waals surface area (Å²) in [5.41, 5.74) is 2.21. The third kappa shape index (κ3) is 3.40. The maximum absolute atomic E-state index is 11.3. The van der Waals surface area contributed by atoms with E-state index in [1.807, 2.05) is 30.3 Å². The van der Waals surface area contributed by atoms with Gasteiger partial charge in [-0.25, -0.2) is 4.79 Å². The van der Waals surface area contributed by atoms with Gasteiger partial charge in [0.25, 0.3) is 0 Å². The number of hydrogen-bond acceptors (Lipinski definition) is 4. The SMILES string of the molecule is CC(=O)OC(c1ccccc1)c1ccc(N=C=O)cc1. The molecule has 0 aliphatic rings. The number of benzene rings is 2. The summed E-state index contributed by atoms with van der Waals surface area (Å²) in [4.78, 5) is 25.0. The molecule has 0 amide bonds. The number of aliphatic imine (C=N–C) groups is 1. The zero-order valence-electron chi connectivity index (χ0n) is 10.9. The van der Waals surface area contributed by atoms with Crippen molar-refractivity contribution in [3.05, 3.63) is 65.7 Å². The third-order valence-corrected chi connectivity index (χ3v) is 2.76. The number of hydrogen-bond donors (Lipinski definition) is 0. The van der Waals surface area contributed by atoms with Crippen molar-refractivity contribution in [1.82, 2.24) is 0 Å². The van der Waals surface area contributed by atoms with Gasteiger partial charge in [-0.3, -0.25) is 4.79 Å². The van der Waals surface area contributed by atoms with Crippen molar-refractivity contribution in [3.63, 3.8) is 0 Å². The van der Waals surface area contributed by atoms with E-state index in [1.54, 1.807) is 24.3 Å². The third-order valence-electron chi connectivity index (χ3n) is 2.76. The summed E-state index contributed by atoms with van der Waals surface area (Å²) in [7, 11) is 0. The largest absolute Gasteiger partial charge is 0.453 e. The highest BCUT2D eigenvalue weighted by Crippen LogP contribution is 2.27. The molecule has 1 atom stereocenters. The lowest BCUT2D eigenvalue weighted by Crippen LogP contribution is -2.09. The molecule has 20 heavy (non-hydrogen) atoms. The second kappa shape index (κ2) is 6.45. The van der Waals surface area contributed by atoms with Gasteiger partial charge >= 0.3 is 5.97 Å². The Bertz CT molecular complexity index is 629. The quantitative estimate of drug-likeness (QED) is 0.485. The average Bonchev–Trinajstić information content (AvgIpc) is 2.47. The highest BCUT2D eigenvalue weighted by Gasteiger charge is 2.16. The molecule has 0 spiro atoms. The first-order chi connectivity index (χ1) is 9.70. The molecule has 2 aromatic rings. The van der Waals surface area contributed by atoms with Gasteiger partial charge in [0.05, 0.1) is 5.69 Å². The molecule has 4 nitrogen and oxygen atoms in total. The van der Waals surface area contributed by atoms with E-state index in [9.17, 15) is 9.59 Å². The van der Waals surface area contributed by atoms with Crippen molar-refractivity contribution in [1.29, 1.82) is 0 Å². The van der Waals surface area contributed by atoms with Crippen molar-refractivity contribution in [3.8, 4) is 0 Å². The average molecular weight is 267 g/mol. The number of rotatable bonds is 4. The molecule has 1 unspecified atom stereocenters. The number of nitrogens with zero attached hydrogens (tertiary/aromatic N) is 1. The highest BCUT2D eigenvalue weighted by molar-refractivity contribution is 5.67. The topological polar surface area (TPSA) is 55.7 Å². The molecule has 0 saturated heterocycles. The van der Waals surface area contributed by atoms with Gasteiger partial charge in [-0.2, -0.15) is 4.99 Å². The fourth-order valence-corrected chi connectivity index (χ4v) is 1.90. The molecule has 0 aliphatic carbocycles. The van der Waals surface area contributed by atoms with Crippen molar-refractivity contribution in [2.45, 2.75) is 13.0 Å². The first kappa shape index (κ1) is 13.7. The summed E-state index contributed by atoms with van der Waals surface area (Å²) in [6.45, 7) is 1.38. The fraction of sp³-hybridized carbons (Fsp3) is 0.125. The normalized spacial score (nSPS) is 11.2. The van der Waals surface area contributed by atoms with Gasteiger partial charge in [-0.05, 0) is 23.3 Å². The van der Waals surface area contributed by atoms with Gasteiger partial charge in [0.15, 0.2) is 6.10 Å². The number of esters is 1. The van der Waals surface area contributed by atoms with Crippen molar-refractivity contribution >= 4 is 17.7 Å². The Morgan fingerprint density at radius 1 is 1.05 bits per heavy atom. The molecule has 100 valence electrons. The van der Waals surface area contributed by atoms with Gasteiger partial charge in [0.1, 0.15) is 0 Å². The second-order valence-electron chi connectivity index (χ2n) is 4.19. The van der Waals surface area contributed by atoms with Crippen LogP contribution in [0.15, 0.2) is 59.6 Å². The van der Waals surface area contributed by atoms with Gasteiger partial charge in [-0.15, -0.1) is 0 Å². The zero-order chi connectivity index (χ0) is 14.4. The van der Waals surface area contributed by atoms with E-state index in [0.717, 1.165) is 11.1 Å². The highest BCUT2D eigenvalue weighted by atomic mass is 16.5. The maximum Gasteiger partial charge on any atom is 0.303 e. The summed E-state index contributed by atoms with van der Waals surface area (Å²) in [5.74, 6) is -0.353. The maximum atomic E-state index is 11.3. The zero-order valence-corrected chi connectivity index (χ0v) is 10.9. The van der Waals surface area contributed by atoms with E-state index in [4.69, 9.17) is 4.74 Å². The van der Waals surface area contributed by atoms with E-state index in [2.05, 4.69) is 4.99 Å². The van der Waals surface area contributed by atoms with E-state index in [1.165, 1.54) is 13.0 Å². The number of carbonyl (C=O) groups is 1. The van der Waals surface area contributed by atoms with Crippen molar-refractivity contribution in [2.24, 2.45) is 4.99 Å². The molecule has 0 N–H and O–H groups in total. The standard InChI is InChI=1S/C16H13NO3/c1-12(19)20-16(13-5-3-2-4-6-13)14-7-9-15(10-8-14)17-11-18/h2-10,16H,1H3. The van der Waals surface area contributed by atoms with E-state index >= 15 is 0 Å². The van der Waals surface area contributed by atoms with Gasteiger partial charge in [-0.1, -0.05) is 42.5 Å². The molecule has 2 rings (SSSR count). The second-order valence-corrected chi connectivity index (χ2v) is 4.19. The van der Waals surface area contributed by atoms with E-state index in [-0.39, 0.29) is 5.97 Å². The Balaban J connectivity index is 2.36. The molecular weight excluding hydrogens is 254 g/mol. The monoisotopic (exact) mass is 267 g/mol. The van der Waals surface area contributed by atoms with Crippen LogP contribution in [0.2, 0.25) is 0 Å². The first-order valence-corrected chi connectivity index (χ1v) is 6.10. The van der Waals surface area contributed by atoms with Crippen LogP contribution in [0.3, 0.4) is 0 Å². The van der Waals surface area contributed by atoms with Gasteiger partial charge < -0.3 is 4.74 Å². The Kier molecular flexibility index (Phi) is 4.43. The lowest BCUT2D eigenvalue weighted by molar-refractivity contribution is -0.144. The minimum Gasteiger partial charge on any atom is -0.453 e. The Labute approximate surface area is 116 Å². The number of carbonyl (C=O) groups excluding carboxylic acids is 2. The summed E-state index contributed by atoms with van der Waals surface area (Å²) < 4.78 is 5.38. The summed E-state index contributed by atoms with van der Waals surface area (Å²) in [5, 5.41) is 0. The molecule has 0 fully saturated rings. The fourth-order valence-electron chi connectivity index (χ4n) is 1.90. The van der Waals surface area contributed by atoms with Gasteiger partial charge in [0, 0.05) is 6.92 Å². The predicted molar refractivity (Wildman–Crippen MR) is 74.3 cm³/mol. The van der Waals surface area contributed by atoms with E-state index in [0.29, 0.717) is 5.69 Å². The van der Waals surface area contributed by atoms with Crippen LogP contribution in [0.25, 0.3) is 0 Å². The minimum absolute atomic E-state index is 0.353. The molecule has 0 bridgehead atoms. The first-order valence-electron chi connectivity index (χ1n) is 6.10. The van der Waals surface area contributed by atoms with Crippen LogP contribution >= 0.6 is 0 Å². The molecule has 0 saturated carbocycles. The Hall–Kier alpha value is -2.71. The van der Waals surface area contributed by atoms with Gasteiger partial charge in [0.2, 0.25) is 6.08 Å². The van der Waals surface area contributed by atoms with Crippen molar-refractivity contribution < 1.29 is 14.3 Å². The van der Waals surface area contributed by atoms with Crippen LogP contribution < -0.4 is 0 Å². The molecule has 0 aliphatic heterocycles. The molecule has 0 heterocycles. The summed E-state index contributed by atoms with van der Waals surface area (Å²) >= 11 is 0. The molecule has 0 aromatic heterocycles. The minimum atomic E-state index is -0.469. The molecule has 2 aromatic carbocycles. The van der Waals surface area contributed by atoms with Crippen LogP contribution in [0.1, 0.15) is 24.2 Å². The predicted octanol–water partition coefficient (Wildman–Crippen LogP) is 3.31. The van der Waals surface area contributed by atoms with Crippen LogP contribution in [-0.4, -0.2) is 12.0 Å². The lowest BCUT2D eigenvalue weighted by Gasteiger charge is -2.17. The Morgan fingerprint density at radius 3 is 2.20 bits per heavy atom. The summed E-state index contributed by atoms with van der Waals surface area (Å²) in [6.07, 6.45) is 1.02. The van der Waals surface area contributed by atoms with E-state index < -0.39 is 6.10 Å². The van der Waals surface area contributed by atoms with Crippen molar-refractivity contribution in [2.75, 3.05) is 0 Å². The van der Waals surface area contributed by atoms with Crippen LogP contribution in [0.5, 0.6) is 0 Å². The van der Waals surface area contributed by atoms with Crippen LogP contribution in [0, 0.1) is 0 Å². The molecule has 0 radical (unpaired) electrons. The smallest absolute Gasteiger partial charge is 0.303 e. The lowest BCUT2D eigenvalue weighted by atomic mass is 10.0. The van der Waals surface area contributed by atoms with Crippen LogP contribution in [-0.2, 0) is 14.3 Å². The number of isocyanates is 1. The Morgan fingerprint density at radius 2 is 1.65 bits per heavy atom. The number of ether oxygens (including phenoxy) is 1. The molecular formula is C16H13NO3. The van der Waals surface area contributed by atoms with Crippen LogP contribution in [0.4, 0.5) is 5.69 Å². The summed E-state index contributed by atoms with van der Waals surface area (Å²) in [6, 6.07) is 16.4.